The van der Waals surface area contributed by atoms with Gasteiger partial charge in [-0.3, -0.25) is 28.9 Å². The van der Waals surface area contributed by atoms with Gasteiger partial charge in [0.25, 0.3) is 0 Å². The summed E-state index contributed by atoms with van der Waals surface area (Å²) in [5.41, 5.74) is 0.760. The fraction of sp³-hybridized carbons (Fsp3) is 0.464. The largest absolute Gasteiger partial charge is 0.346 e. The zero-order valence-electron chi connectivity index (χ0n) is 21.1. The highest BCUT2D eigenvalue weighted by Gasteiger charge is 2.50. The van der Waals surface area contributed by atoms with E-state index in [0.717, 1.165) is 36.1 Å². The number of Topliss-reactive ketones (excluding diaryl/α,β-unsaturated/α-hetero) is 1. The Hall–Kier alpha value is -3.55. The Morgan fingerprint density at radius 1 is 1.03 bits per heavy atom. The Labute approximate surface area is 212 Å². The van der Waals surface area contributed by atoms with Gasteiger partial charge in [0.15, 0.2) is 5.78 Å². The first-order chi connectivity index (χ1) is 17.2. The van der Waals surface area contributed by atoms with Gasteiger partial charge in [0.1, 0.15) is 5.92 Å². The third-order valence-corrected chi connectivity index (χ3v) is 7.08. The van der Waals surface area contributed by atoms with Gasteiger partial charge in [0.2, 0.25) is 23.6 Å². The number of carbonyl (C=O) groups excluding carboxylic acids is 5. The Morgan fingerprint density at radius 2 is 1.69 bits per heavy atom. The minimum Gasteiger partial charge on any atom is -0.346 e. The van der Waals surface area contributed by atoms with Gasteiger partial charge in [-0.2, -0.15) is 0 Å². The van der Waals surface area contributed by atoms with Crippen LogP contribution < -0.4 is 10.6 Å². The van der Waals surface area contributed by atoms with Crippen molar-refractivity contribution in [3.8, 4) is 0 Å². The van der Waals surface area contributed by atoms with Crippen molar-refractivity contribution in [1.82, 2.24) is 15.5 Å². The number of ketones is 1. The second-order valence-corrected chi connectivity index (χ2v) is 9.55. The summed E-state index contributed by atoms with van der Waals surface area (Å²) in [4.78, 5) is 65.2. The van der Waals surface area contributed by atoms with Crippen LogP contribution in [-0.2, 0) is 24.0 Å². The van der Waals surface area contributed by atoms with Crippen molar-refractivity contribution in [2.75, 3.05) is 7.05 Å². The second-order valence-electron chi connectivity index (χ2n) is 9.55. The maximum Gasteiger partial charge on any atom is 0.244 e. The molecule has 1 heterocycles. The van der Waals surface area contributed by atoms with E-state index < -0.39 is 41.5 Å². The minimum absolute atomic E-state index is 0.0727. The van der Waals surface area contributed by atoms with Crippen LogP contribution in [0.25, 0.3) is 0 Å². The minimum atomic E-state index is -1.09. The predicted octanol–water partition coefficient (Wildman–Crippen LogP) is 2.86. The maximum absolute atomic E-state index is 13.6. The molecule has 3 rings (SSSR count). The normalized spacial score (nSPS) is 22.4. The van der Waals surface area contributed by atoms with Crippen molar-refractivity contribution in [3.63, 3.8) is 0 Å². The molecule has 0 aromatic heterocycles. The maximum atomic E-state index is 13.6. The first-order valence-corrected chi connectivity index (χ1v) is 12.5. The molecule has 0 spiro atoms. The zero-order chi connectivity index (χ0) is 26.2. The van der Waals surface area contributed by atoms with Crippen LogP contribution in [-0.4, -0.2) is 47.4 Å². The number of benzene rings is 1. The monoisotopic (exact) mass is 493 g/mol. The lowest BCUT2D eigenvalue weighted by atomic mass is 9.83. The molecule has 1 unspecified atom stereocenters. The number of imide groups is 1. The van der Waals surface area contributed by atoms with Crippen molar-refractivity contribution < 1.29 is 24.0 Å². The predicted molar refractivity (Wildman–Crippen MR) is 135 cm³/mol. The van der Waals surface area contributed by atoms with Gasteiger partial charge < -0.3 is 10.6 Å². The van der Waals surface area contributed by atoms with Crippen LogP contribution in [0.2, 0.25) is 0 Å². The Balaban J connectivity index is 1.78. The smallest absolute Gasteiger partial charge is 0.244 e. The fourth-order valence-electron chi connectivity index (χ4n) is 5.08. The van der Waals surface area contributed by atoms with Crippen molar-refractivity contribution in [2.45, 2.75) is 58.0 Å². The van der Waals surface area contributed by atoms with Crippen LogP contribution in [0.4, 0.5) is 0 Å². The molecule has 1 aromatic carbocycles. The summed E-state index contributed by atoms with van der Waals surface area (Å²) in [7, 11) is 1.38. The number of hydrogen-bond acceptors (Lipinski definition) is 5. The summed E-state index contributed by atoms with van der Waals surface area (Å²) >= 11 is 0. The Bertz CT molecular complexity index is 1040. The van der Waals surface area contributed by atoms with Gasteiger partial charge in [0, 0.05) is 13.1 Å². The van der Waals surface area contributed by atoms with E-state index in [2.05, 4.69) is 10.6 Å². The molecule has 1 aromatic rings. The van der Waals surface area contributed by atoms with E-state index in [1.165, 1.54) is 13.1 Å². The Kier molecular flexibility index (Phi) is 9.33. The third-order valence-electron chi connectivity index (χ3n) is 7.08. The first kappa shape index (κ1) is 27.0. The van der Waals surface area contributed by atoms with Crippen LogP contribution >= 0.6 is 0 Å². The van der Waals surface area contributed by atoms with Crippen molar-refractivity contribution >= 4 is 29.4 Å². The van der Waals surface area contributed by atoms with E-state index in [1.807, 2.05) is 37.3 Å². The molecule has 1 aliphatic heterocycles. The molecule has 1 saturated carbocycles. The van der Waals surface area contributed by atoms with E-state index in [1.54, 1.807) is 25.2 Å². The molecule has 1 aliphatic carbocycles. The first-order valence-electron chi connectivity index (χ1n) is 12.5. The molecule has 2 N–H and O–H groups in total. The highest BCUT2D eigenvalue weighted by Crippen LogP contribution is 2.33. The van der Waals surface area contributed by atoms with E-state index in [-0.39, 0.29) is 24.2 Å². The number of likely N-dealkylation sites (tertiary alicyclic amines) is 1. The number of hydrogen-bond donors (Lipinski definition) is 2. The number of rotatable bonds is 10. The van der Waals surface area contributed by atoms with Crippen LogP contribution in [0.3, 0.4) is 0 Å². The number of amides is 4. The SMILES string of the molecule is C/C=C/C=C/C(=O)N[C@@H](CC(=O)NC(C(=O)[C@@H]1C(=O)N(C)C(=O)[C@H]1C)C1CCCC1)c1ccccc1. The van der Waals surface area contributed by atoms with E-state index in [0.29, 0.717) is 0 Å². The van der Waals surface area contributed by atoms with E-state index in [9.17, 15) is 24.0 Å². The molecule has 36 heavy (non-hydrogen) atoms. The van der Waals surface area contributed by atoms with Gasteiger partial charge in [-0.25, -0.2) is 0 Å². The lowest BCUT2D eigenvalue weighted by molar-refractivity contribution is -0.141. The van der Waals surface area contributed by atoms with Crippen LogP contribution in [0.1, 0.15) is 57.6 Å². The summed E-state index contributed by atoms with van der Waals surface area (Å²) < 4.78 is 0. The Morgan fingerprint density at radius 3 is 2.28 bits per heavy atom. The molecule has 4 amide bonds. The molecule has 0 radical (unpaired) electrons. The highest BCUT2D eigenvalue weighted by molar-refractivity contribution is 6.16. The third kappa shape index (κ3) is 6.36. The van der Waals surface area contributed by atoms with Crippen LogP contribution in [0.5, 0.6) is 0 Å². The molecule has 4 atom stereocenters. The quantitative estimate of drug-likeness (QED) is 0.225. The topological polar surface area (TPSA) is 113 Å². The zero-order valence-corrected chi connectivity index (χ0v) is 21.1. The van der Waals surface area contributed by atoms with E-state index >= 15 is 0 Å². The summed E-state index contributed by atoms with van der Waals surface area (Å²) in [6, 6.07) is 7.70. The van der Waals surface area contributed by atoms with Crippen LogP contribution in [0, 0.1) is 17.8 Å². The van der Waals surface area contributed by atoms with Crippen molar-refractivity contribution in [3.05, 3.63) is 60.2 Å². The van der Waals surface area contributed by atoms with Gasteiger partial charge in [-0.05, 0) is 31.2 Å². The summed E-state index contributed by atoms with van der Waals surface area (Å²) in [6.45, 7) is 3.43. The van der Waals surface area contributed by atoms with Gasteiger partial charge in [-0.15, -0.1) is 0 Å². The van der Waals surface area contributed by atoms with Gasteiger partial charge in [-0.1, -0.05) is 68.3 Å². The van der Waals surface area contributed by atoms with Gasteiger partial charge in [0.05, 0.1) is 24.4 Å². The lowest BCUT2D eigenvalue weighted by Gasteiger charge is -2.27. The average molecular weight is 494 g/mol. The van der Waals surface area contributed by atoms with E-state index in [4.69, 9.17) is 0 Å². The van der Waals surface area contributed by atoms with Crippen molar-refractivity contribution in [2.24, 2.45) is 17.8 Å². The van der Waals surface area contributed by atoms with Crippen molar-refractivity contribution in [1.29, 1.82) is 0 Å². The fourth-order valence-corrected chi connectivity index (χ4v) is 5.08. The summed E-state index contributed by atoms with van der Waals surface area (Å²) in [5, 5.41) is 5.75. The lowest BCUT2D eigenvalue weighted by Crippen LogP contribution is -2.50. The number of allylic oxidation sites excluding steroid dienone is 3. The van der Waals surface area contributed by atoms with Gasteiger partial charge >= 0.3 is 0 Å². The standard InChI is InChI=1S/C28H35N3O5/c1-4-5-7-16-22(32)29-21(19-12-8-6-9-13-19)17-23(33)30-25(20-14-10-11-15-20)26(34)24-18(2)27(35)31(3)28(24)36/h4-9,12-13,16,18,20-21,24-25H,10-11,14-15,17H2,1-3H3,(H,29,32)(H,30,33)/b5-4+,16-7+/t18-,21-,24+,25?/m0/s1. The average Bonchev–Trinajstić information content (AvgIpc) is 3.46. The molecule has 2 fully saturated rings. The second kappa shape index (κ2) is 12.4. The summed E-state index contributed by atoms with van der Waals surface area (Å²) in [6.07, 6.45) is 9.88. The molecule has 192 valence electrons. The number of nitrogens with zero attached hydrogens (tertiary/aromatic N) is 1. The molecular formula is C28H35N3O5. The number of carbonyl (C=O) groups is 5. The molecular weight excluding hydrogens is 458 g/mol. The van der Waals surface area contributed by atoms with Crippen LogP contribution in [0.15, 0.2) is 54.6 Å². The highest BCUT2D eigenvalue weighted by atomic mass is 16.2. The molecule has 2 aliphatic rings. The summed E-state index contributed by atoms with van der Waals surface area (Å²) in [5.74, 6) is -3.97. The molecule has 1 saturated heterocycles. The number of nitrogens with one attached hydrogen (secondary N) is 2. The molecule has 8 heteroatoms. The molecule has 8 nitrogen and oxygen atoms in total. The molecule has 0 bridgehead atoms.